The molecule has 0 spiro atoms. The van der Waals surface area contributed by atoms with Gasteiger partial charge in [0.1, 0.15) is 0 Å². The number of carbonyl (C=O) groups excluding carboxylic acids is 1. The molecule has 5 nitrogen and oxygen atoms in total. The predicted molar refractivity (Wildman–Crippen MR) is 71.6 cm³/mol. The van der Waals surface area contributed by atoms with Crippen molar-refractivity contribution in [1.29, 1.82) is 5.26 Å². The van der Waals surface area contributed by atoms with E-state index in [0.717, 1.165) is 31.7 Å². The molecule has 2 fully saturated rings. The van der Waals surface area contributed by atoms with Crippen LogP contribution in [0.3, 0.4) is 0 Å². The smallest absolute Gasteiger partial charge is 0.320 e. The highest BCUT2D eigenvalue weighted by Gasteiger charge is 2.39. The Balaban J connectivity index is 1.66. The summed E-state index contributed by atoms with van der Waals surface area (Å²) < 4.78 is 0. The van der Waals surface area contributed by atoms with Crippen molar-refractivity contribution in [2.75, 3.05) is 25.0 Å². The number of benzene rings is 1. The van der Waals surface area contributed by atoms with Crippen LogP contribution in [-0.4, -0.2) is 36.6 Å². The maximum atomic E-state index is 12.2. The second kappa shape index (κ2) is 4.90. The summed E-state index contributed by atoms with van der Waals surface area (Å²) >= 11 is 0. The number of hydrogen-bond acceptors (Lipinski definition) is 3. The van der Waals surface area contributed by atoms with Crippen molar-refractivity contribution < 1.29 is 4.79 Å². The average molecular weight is 256 g/mol. The number of amides is 2. The van der Waals surface area contributed by atoms with Gasteiger partial charge in [-0.15, -0.1) is 0 Å². The summed E-state index contributed by atoms with van der Waals surface area (Å²) in [6.07, 6.45) is 1.08. The minimum atomic E-state index is -0.0408. The molecule has 1 aromatic carbocycles. The van der Waals surface area contributed by atoms with E-state index in [-0.39, 0.29) is 6.03 Å². The van der Waals surface area contributed by atoms with Crippen LogP contribution in [0.25, 0.3) is 0 Å². The molecule has 0 unspecified atom stereocenters. The molecular formula is C14H16N4O. The zero-order chi connectivity index (χ0) is 13.2. The van der Waals surface area contributed by atoms with Crippen LogP contribution in [0.4, 0.5) is 10.5 Å². The van der Waals surface area contributed by atoms with E-state index in [2.05, 4.69) is 16.7 Å². The lowest BCUT2D eigenvalue weighted by molar-refractivity contribution is 0.206. The van der Waals surface area contributed by atoms with Crippen molar-refractivity contribution >= 4 is 11.7 Å². The summed E-state index contributed by atoms with van der Waals surface area (Å²) in [4.78, 5) is 14.2. The molecule has 0 bridgehead atoms. The number of hydrogen-bond donors (Lipinski definition) is 2. The molecule has 3 rings (SSSR count). The Labute approximate surface area is 112 Å². The van der Waals surface area contributed by atoms with Crippen LogP contribution in [0.15, 0.2) is 24.3 Å². The van der Waals surface area contributed by atoms with Crippen LogP contribution in [0.5, 0.6) is 0 Å². The number of anilines is 1. The second-order valence-electron chi connectivity index (χ2n) is 5.09. The summed E-state index contributed by atoms with van der Waals surface area (Å²) in [6, 6.07) is 9.29. The zero-order valence-corrected chi connectivity index (χ0v) is 10.6. The van der Waals surface area contributed by atoms with E-state index in [1.807, 2.05) is 4.90 Å². The second-order valence-corrected chi connectivity index (χ2v) is 5.09. The molecule has 1 aromatic rings. The SMILES string of the molecule is N#Cc1ccc(NC(=O)N2CC[C@H]3CNC[C@H]32)cc1. The van der Waals surface area contributed by atoms with E-state index in [1.165, 1.54) is 0 Å². The average Bonchev–Trinajstić information content (AvgIpc) is 3.01. The minimum Gasteiger partial charge on any atom is -0.320 e. The molecular weight excluding hydrogens is 240 g/mol. The zero-order valence-electron chi connectivity index (χ0n) is 10.6. The minimum absolute atomic E-state index is 0.0408. The summed E-state index contributed by atoms with van der Waals surface area (Å²) in [6.45, 7) is 2.75. The maximum absolute atomic E-state index is 12.2. The lowest BCUT2D eigenvalue weighted by Crippen LogP contribution is -2.41. The van der Waals surface area contributed by atoms with Gasteiger partial charge in [-0.2, -0.15) is 5.26 Å². The molecule has 0 saturated carbocycles. The van der Waals surface area contributed by atoms with Gasteiger partial charge in [0.15, 0.2) is 0 Å². The van der Waals surface area contributed by atoms with Crippen molar-refractivity contribution in [2.24, 2.45) is 5.92 Å². The molecule has 2 aliphatic heterocycles. The van der Waals surface area contributed by atoms with Crippen molar-refractivity contribution in [3.8, 4) is 6.07 Å². The van der Waals surface area contributed by atoms with Gasteiger partial charge in [0, 0.05) is 31.4 Å². The lowest BCUT2D eigenvalue weighted by Gasteiger charge is -2.23. The number of fused-ring (bicyclic) bond motifs is 1. The van der Waals surface area contributed by atoms with Crippen LogP contribution >= 0.6 is 0 Å². The number of likely N-dealkylation sites (tertiary alicyclic amines) is 1. The Kier molecular flexibility index (Phi) is 3.10. The van der Waals surface area contributed by atoms with Crippen molar-refractivity contribution in [3.05, 3.63) is 29.8 Å². The fourth-order valence-corrected chi connectivity index (χ4v) is 2.92. The fraction of sp³-hybridized carbons (Fsp3) is 0.429. The van der Waals surface area contributed by atoms with Crippen LogP contribution in [-0.2, 0) is 0 Å². The lowest BCUT2D eigenvalue weighted by atomic mass is 10.1. The van der Waals surface area contributed by atoms with Gasteiger partial charge in [-0.1, -0.05) is 0 Å². The highest BCUT2D eigenvalue weighted by atomic mass is 16.2. The van der Waals surface area contributed by atoms with E-state index in [4.69, 9.17) is 5.26 Å². The number of urea groups is 1. The first-order valence-corrected chi connectivity index (χ1v) is 6.56. The quantitative estimate of drug-likeness (QED) is 0.797. The van der Waals surface area contributed by atoms with Gasteiger partial charge in [0.2, 0.25) is 0 Å². The molecule has 0 radical (unpaired) electrons. The van der Waals surface area contributed by atoms with E-state index in [9.17, 15) is 4.79 Å². The number of rotatable bonds is 1. The fourth-order valence-electron chi connectivity index (χ4n) is 2.92. The molecule has 0 aromatic heterocycles. The Bertz CT molecular complexity index is 519. The topological polar surface area (TPSA) is 68.2 Å². The molecule has 98 valence electrons. The highest BCUT2D eigenvalue weighted by Crippen LogP contribution is 2.27. The first-order chi connectivity index (χ1) is 9.28. The van der Waals surface area contributed by atoms with Gasteiger partial charge < -0.3 is 15.5 Å². The molecule has 2 saturated heterocycles. The molecule has 2 N–H and O–H groups in total. The largest absolute Gasteiger partial charge is 0.322 e. The molecule has 2 amide bonds. The van der Waals surface area contributed by atoms with E-state index < -0.39 is 0 Å². The van der Waals surface area contributed by atoms with Gasteiger partial charge >= 0.3 is 6.03 Å². The Hall–Kier alpha value is -2.06. The third kappa shape index (κ3) is 2.27. The summed E-state index contributed by atoms with van der Waals surface area (Å²) in [5, 5.41) is 15.0. The predicted octanol–water partition coefficient (Wildman–Crippen LogP) is 1.38. The van der Waals surface area contributed by atoms with Gasteiger partial charge in [0.05, 0.1) is 11.6 Å². The normalized spacial score (nSPS) is 24.9. The summed E-state index contributed by atoms with van der Waals surface area (Å²) in [7, 11) is 0. The Morgan fingerprint density at radius 3 is 2.89 bits per heavy atom. The molecule has 2 atom stereocenters. The van der Waals surface area contributed by atoms with Crippen LogP contribution in [0.1, 0.15) is 12.0 Å². The molecule has 0 aliphatic carbocycles. The van der Waals surface area contributed by atoms with E-state index in [1.54, 1.807) is 24.3 Å². The standard InChI is InChI=1S/C14H16N4O/c15-7-10-1-3-12(4-2-10)17-14(19)18-6-5-11-8-16-9-13(11)18/h1-4,11,13,16H,5-6,8-9H2,(H,17,19)/t11-,13+/m0/s1. The van der Waals surface area contributed by atoms with Crippen molar-refractivity contribution in [3.63, 3.8) is 0 Å². The third-order valence-electron chi connectivity index (χ3n) is 3.97. The van der Waals surface area contributed by atoms with Crippen LogP contribution in [0.2, 0.25) is 0 Å². The maximum Gasteiger partial charge on any atom is 0.322 e. The van der Waals surface area contributed by atoms with Gasteiger partial charge in [-0.25, -0.2) is 4.79 Å². The molecule has 2 aliphatic rings. The summed E-state index contributed by atoms with van der Waals surface area (Å²) in [5.74, 6) is 0.603. The number of nitrogens with zero attached hydrogens (tertiary/aromatic N) is 2. The van der Waals surface area contributed by atoms with Crippen LogP contribution < -0.4 is 10.6 Å². The number of carbonyl (C=O) groups is 1. The number of nitriles is 1. The first-order valence-electron chi connectivity index (χ1n) is 6.56. The van der Waals surface area contributed by atoms with Crippen molar-refractivity contribution in [1.82, 2.24) is 10.2 Å². The van der Waals surface area contributed by atoms with Gasteiger partial charge in [-0.3, -0.25) is 0 Å². The Morgan fingerprint density at radius 2 is 2.16 bits per heavy atom. The summed E-state index contributed by atoms with van der Waals surface area (Å²) in [5.41, 5.74) is 1.33. The van der Waals surface area contributed by atoms with Crippen molar-refractivity contribution in [2.45, 2.75) is 12.5 Å². The monoisotopic (exact) mass is 256 g/mol. The molecule has 5 heteroatoms. The highest BCUT2D eigenvalue weighted by molar-refractivity contribution is 5.89. The first kappa shape index (κ1) is 12.0. The van der Waals surface area contributed by atoms with E-state index in [0.29, 0.717) is 17.5 Å². The van der Waals surface area contributed by atoms with E-state index >= 15 is 0 Å². The van der Waals surface area contributed by atoms with Gasteiger partial charge in [-0.05, 0) is 36.6 Å². The third-order valence-corrected chi connectivity index (χ3v) is 3.97. The molecule has 2 heterocycles. The van der Waals surface area contributed by atoms with Gasteiger partial charge in [0.25, 0.3) is 0 Å². The number of nitrogens with one attached hydrogen (secondary N) is 2. The molecule has 19 heavy (non-hydrogen) atoms. The Morgan fingerprint density at radius 1 is 1.37 bits per heavy atom. The van der Waals surface area contributed by atoms with Crippen LogP contribution in [0, 0.1) is 17.2 Å².